The first-order chi connectivity index (χ1) is 21.7. The summed E-state index contributed by atoms with van der Waals surface area (Å²) in [7, 11) is 0. The molecule has 0 aromatic heterocycles. The monoisotopic (exact) mass is 617 g/mol. The molecule has 0 radical (unpaired) electrons. The molecule has 8 atom stereocenters. The fourth-order valence-electron chi connectivity index (χ4n) is 11.1. The SMILES string of the molecule is CCCOC1C2CCCC1CC1CCCC(CC3CCCC(CC4CCCC(C2)C4OCCC)C3OCCC)C1OCCC. The van der Waals surface area contributed by atoms with Crippen LogP contribution in [-0.4, -0.2) is 50.8 Å². The minimum Gasteiger partial charge on any atom is -0.378 e. The summed E-state index contributed by atoms with van der Waals surface area (Å²) >= 11 is 0. The lowest BCUT2D eigenvalue weighted by Gasteiger charge is -2.48. The second kappa shape index (κ2) is 18.4. The molecule has 0 aromatic carbocycles. The lowest BCUT2D eigenvalue weighted by atomic mass is 9.63. The highest BCUT2D eigenvalue weighted by atomic mass is 16.5. The summed E-state index contributed by atoms with van der Waals surface area (Å²) in [6, 6.07) is 0. The van der Waals surface area contributed by atoms with Crippen molar-refractivity contribution in [3.63, 3.8) is 0 Å². The van der Waals surface area contributed by atoms with Crippen LogP contribution in [0.25, 0.3) is 0 Å². The molecule has 0 aromatic rings. The molecule has 8 bridgehead atoms. The summed E-state index contributed by atoms with van der Waals surface area (Å²) in [6.07, 6.45) is 27.9. The summed E-state index contributed by atoms with van der Waals surface area (Å²) in [5.41, 5.74) is 0. The number of ether oxygens (including phenoxy) is 4. The number of fused-ring (bicyclic) bond motifs is 8. The molecule has 0 N–H and O–H groups in total. The Hall–Kier alpha value is -0.160. The molecule has 44 heavy (non-hydrogen) atoms. The maximum atomic E-state index is 6.93. The van der Waals surface area contributed by atoms with Crippen LogP contribution in [0.15, 0.2) is 0 Å². The molecular formula is C40H72O4. The van der Waals surface area contributed by atoms with Crippen molar-refractivity contribution in [3.05, 3.63) is 0 Å². The van der Waals surface area contributed by atoms with E-state index in [-0.39, 0.29) is 0 Å². The molecule has 5 saturated carbocycles. The summed E-state index contributed by atoms with van der Waals surface area (Å²) < 4.78 is 27.7. The molecule has 5 aliphatic rings. The van der Waals surface area contributed by atoms with Crippen molar-refractivity contribution >= 4 is 0 Å². The van der Waals surface area contributed by atoms with E-state index in [9.17, 15) is 0 Å². The van der Waals surface area contributed by atoms with Crippen molar-refractivity contribution in [2.24, 2.45) is 47.3 Å². The van der Waals surface area contributed by atoms with E-state index in [0.717, 1.165) is 52.1 Å². The third kappa shape index (κ3) is 9.04. The number of hydrogen-bond donors (Lipinski definition) is 0. The van der Waals surface area contributed by atoms with Gasteiger partial charge in [-0.3, -0.25) is 0 Å². The average molecular weight is 617 g/mol. The van der Waals surface area contributed by atoms with Crippen LogP contribution in [0.1, 0.15) is 156 Å². The highest BCUT2D eigenvalue weighted by Crippen LogP contribution is 2.49. The summed E-state index contributed by atoms with van der Waals surface area (Å²) in [5, 5.41) is 0. The van der Waals surface area contributed by atoms with Crippen molar-refractivity contribution in [1.29, 1.82) is 0 Å². The molecule has 5 rings (SSSR count). The molecule has 0 amide bonds. The minimum absolute atomic E-state index is 0.433. The predicted octanol–water partition coefficient (Wildman–Crippen LogP) is 10.4. The Bertz CT molecular complexity index is 619. The van der Waals surface area contributed by atoms with Gasteiger partial charge in [-0.1, -0.05) is 53.4 Å². The van der Waals surface area contributed by atoms with E-state index in [2.05, 4.69) is 27.7 Å². The Labute approximate surface area is 272 Å². The lowest BCUT2D eigenvalue weighted by Crippen LogP contribution is -2.47. The first-order valence-corrected chi connectivity index (χ1v) is 20.1. The molecule has 4 heteroatoms. The zero-order valence-electron chi connectivity index (χ0n) is 29.5. The number of hydrogen-bond acceptors (Lipinski definition) is 4. The first kappa shape index (κ1) is 35.2. The molecule has 0 heterocycles. The fourth-order valence-corrected chi connectivity index (χ4v) is 11.1. The highest BCUT2D eigenvalue weighted by Gasteiger charge is 2.46. The molecule has 5 aliphatic carbocycles. The smallest absolute Gasteiger partial charge is 0.0631 e. The molecule has 0 saturated heterocycles. The van der Waals surface area contributed by atoms with Crippen molar-refractivity contribution in [1.82, 2.24) is 0 Å². The van der Waals surface area contributed by atoms with Crippen molar-refractivity contribution in [2.45, 2.75) is 181 Å². The van der Waals surface area contributed by atoms with Crippen LogP contribution >= 0.6 is 0 Å². The van der Waals surface area contributed by atoms with Gasteiger partial charge in [0, 0.05) is 26.4 Å². The van der Waals surface area contributed by atoms with Gasteiger partial charge >= 0.3 is 0 Å². The van der Waals surface area contributed by atoms with Crippen LogP contribution in [0.4, 0.5) is 0 Å². The maximum Gasteiger partial charge on any atom is 0.0631 e. The molecule has 8 unspecified atom stereocenters. The van der Waals surface area contributed by atoms with Gasteiger partial charge in [0.1, 0.15) is 0 Å². The van der Waals surface area contributed by atoms with Crippen molar-refractivity contribution in [3.8, 4) is 0 Å². The van der Waals surface area contributed by atoms with Crippen LogP contribution in [0.5, 0.6) is 0 Å². The molecule has 0 spiro atoms. The Morgan fingerprint density at radius 2 is 0.500 bits per heavy atom. The van der Waals surface area contributed by atoms with Gasteiger partial charge in [0.2, 0.25) is 0 Å². The zero-order chi connectivity index (χ0) is 30.7. The number of rotatable bonds is 12. The lowest BCUT2D eigenvalue weighted by molar-refractivity contribution is -0.120. The minimum atomic E-state index is 0.433. The normalized spacial score (nSPS) is 41.7. The van der Waals surface area contributed by atoms with Gasteiger partial charge in [-0.2, -0.15) is 0 Å². The Balaban J connectivity index is 1.48. The topological polar surface area (TPSA) is 36.9 Å². The maximum absolute atomic E-state index is 6.93. The summed E-state index contributed by atoms with van der Waals surface area (Å²) in [5.74, 6) is 5.55. The molecule has 5 fully saturated rings. The van der Waals surface area contributed by atoms with Crippen LogP contribution < -0.4 is 0 Å². The standard InChI is InChI=1S/C40H72O4/c1-5-21-41-37-29-13-9-14-30(37)26-32-16-11-18-34(39(32)43-23-7-3)28-36-20-12-19-35(40(36)44-24-8-4)27-33-17-10-15-31(25-29)38(33)42-22-6-2/h29-40H,5-28H2,1-4H3. The van der Waals surface area contributed by atoms with Crippen LogP contribution in [0.3, 0.4) is 0 Å². The Morgan fingerprint density at radius 3 is 0.659 bits per heavy atom. The zero-order valence-corrected chi connectivity index (χ0v) is 29.5. The quantitative estimate of drug-likeness (QED) is 0.219. The van der Waals surface area contributed by atoms with E-state index in [0.29, 0.717) is 71.8 Å². The van der Waals surface area contributed by atoms with Gasteiger partial charge in [-0.25, -0.2) is 0 Å². The Kier molecular flexibility index (Phi) is 14.7. The van der Waals surface area contributed by atoms with Gasteiger partial charge < -0.3 is 18.9 Å². The van der Waals surface area contributed by atoms with Crippen LogP contribution in [0.2, 0.25) is 0 Å². The van der Waals surface area contributed by atoms with E-state index >= 15 is 0 Å². The Morgan fingerprint density at radius 1 is 0.318 bits per heavy atom. The first-order valence-electron chi connectivity index (χ1n) is 20.1. The van der Waals surface area contributed by atoms with Crippen molar-refractivity contribution < 1.29 is 18.9 Å². The molecule has 4 nitrogen and oxygen atoms in total. The van der Waals surface area contributed by atoms with Gasteiger partial charge in [-0.05, 0) is 150 Å². The van der Waals surface area contributed by atoms with E-state index < -0.39 is 0 Å². The average Bonchev–Trinajstić information content (AvgIpc) is 3.03. The largest absolute Gasteiger partial charge is 0.378 e. The van der Waals surface area contributed by atoms with Crippen molar-refractivity contribution in [2.75, 3.05) is 26.4 Å². The molecule has 256 valence electrons. The van der Waals surface area contributed by atoms with E-state index in [4.69, 9.17) is 18.9 Å². The van der Waals surface area contributed by atoms with Gasteiger partial charge in [0.05, 0.1) is 24.4 Å². The summed E-state index contributed by atoms with van der Waals surface area (Å²) in [4.78, 5) is 0. The van der Waals surface area contributed by atoms with E-state index in [1.165, 1.54) is 103 Å². The highest BCUT2D eigenvalue weighted by molar-refractivity contribution is 4.96. The second-order valence-corrected chi connectivity index (χ2v) is 16.1. The third-order valence-corrected chi connectivity index (χ3v) is 12.8. The van der Waals surface area contributed by atoms with Gasteiger partial charge in [-0.15, -0.1) is 0 Å². The van der Waals surface area contributed by atoms with Gasteiger partial charge in [0.25, 0.3) is 0 Å². The predicted molar refractivity (Wildman–Crippen MR) is 182 cm³/mol. The van der Waals surface area contributed by atoms with E-state index in [1.807, 2.05) is 0 Å². The molecular weight excluding hydrogens is 544 g/mol. The van der Waals surface area contributed by atoms with Crippen LogP contribution in [-0.2, 0) is 18.9 Å². The summed E-state index contributed by atoms with van der Waals surface area (Å²) in [6.45, 7) is 12.9. The molecule has 0 aliphatic heterocycles. The fraction of sp³-hybridized carbons (Fsp3) is 1.00. The van der Waals surface area contributed by atoms with Gasteiger partial charge in [0.15, 0.2) is 0 Å². The van der Waals surface area contributed by atoms with E-state index in [1.54, 1.807) is 0 Å². The third-order valence-electron chi connectivity index (χ3n) is 12.8. The second-order valence-electron chi connectivity index (χ2n) is 16.1. The van der Waals surface area contributed by atoms with Crippen LogP contribution in [0, 0.1) is 47.3 Å².